The van der Waals surface area contributed by atoms with Crippen molar-refractivity contribution in [3.8, 4) is 11.5 Å². The Labute approximate surface area is 156 Å². The molecule has 1 atom stereocenters. The van der Waals surface area contributed by atoms with Gasteiger partial charge in [-0.2, -0.15) is 0 Å². The summed E-state index contributed by atoms with van der Waals surface area (Å²) < 4.78 is 6.11. The van der Waals surface area contributed by atoms with E-state index < -0.39 is 5.54 Å². The number of aromatic hydroxyl groups is 1. The van der Waals surface area contributed by atoms with Gasteiger partial charge in [0.25, 0.3) is 0 Å². The van der Waals surface area contributed by atoms with Crippen molar-refractivity contribution in [2.75, 3.05) is 11.9 Å². The summed E-state index contributed by atoms with van der Waals surface area (Å²) in [4.78, 5) is 12.9. The lowest BCUT2D eigenvalue weighted by atomic mass is 9.83. The molecule has 2 aliphatic rings. The van der Waals surface area contributed by atoms with Crippen molar-refractivity contribution in [1.29, 1.82) is 0 Å². The van der Waals surface area contributed by atoms with E-state index in [4.69, 9.17) is 4.74 Å². The average molecular weight is 360 g/mol. The second kappa shape index (κ2) is 7.47. The summed E-state index contributed by atoms with van der Waals surface area (Å²) in [6, 6.07) is 3.52. The average Bonchev–Trinajstić information content (AvgIpc) is 2.60. The zero-order valence-corrected chi connectivity index (χ0v) is 16.4. The van der Waals surface area contributed by atoms with Gasteiger partial charge in [-0.25, -0.2) is 0 Å². The normalized spacial score (nSPS) is 22.4. The molecule has 0 bridgehead atoms. The molecule has 26 heavy (non-hydrogen) atoms. The fourth-order valence-electron chi connectivity index (χ4n) is 3.88. The van der Waals surface area contributed by atoms with Crippen LogP contribution in [0.2, 0.25) is 0 Å². The van der Waals surface area contributed by atoms with Crippen LogP contribution in [-0.2, 0) is 0 Å². The smallest absolute Gasteiger partial charge is 0.172 e. The molecule has 144 valence electrons. The molecule has 1 aromatic carbocycles. The zero-order chi connectivity index (χ0) is 18.9. The molecule has 3 rings (SSSR count). The lowest BCUT2D eigenvalue weighted by molar-refractivity contribution is 0.0877. The van der Waals surface area contributed by atoms with Crippen molar-refractivity contribution in [2.45, 2.75) is 71.6 Å². The third kappa shape index (κ3) is 3.83. The molecule has 0 aromatic heterocycles. The molecule has 0 amide bonds. The number of phenolic OH excluding ortho intramolecular Hbond substituents is 1. The molecule has 1 aliphatic carbocycles. The van der Waals surface area contributed by atoms with Gasteiger partial charge in [0.2, 0.25) is 0 Å². The Bertz CT molecular complexity index is 663. The van der Waals surface area contributed by atoms with Crippen LogP contribution in [0.5, 0.6) is 11.5 Å². The number of carbonyl (C=O) groups is 1. The van der Waals surface area contributed by atoms with Crippen LogP contribution >= 0.6 is 0 Å². The Balaban J connectivity index is 1.84. The molecule has 0 radical (unpaired) electrons. The van der Waals surface area contributed by atoms with Gasteiger partial charge in [-0.3, -0.25) is 10.1 Å². The summed E-state index contributed by atoms with van der Waals surface area (Å²) in [6.07, 6.45) is 5.03. The summed E-state index contributed by atoms with van der Waals surface area (Å²) in [5.74, 6) is 1.21. The first-order valence-electron chi connectivity index (χ1n) is 9.88. The molecule has 1 unspecified atom stereocenters. The maximum Gasteiger partial charge on any atom is 0.172 e. The van der Waals surface area contributed by atoms with Gasteiger partial charge in [0.1, 0.15) is 11.4 Å². The van der Waals surface area contributed by atoms with Crippen molar-refractivity contribution in [3.63, 3.8) is 0 Å². The SMILES string of the molecule is CC(C)CNC1Oc2ccc(C(=O)C3CCCCC3)c(O)c2NC1(C)C. The largest absolute Gasteiger partial charge is 0.505 e. The lowest BCUT2D eigenvalue weighted by Crippen LogP contribution is -2.58. The second-order valence-corrected chi connectivity index (χ2v) is 8.68. The highest BCUT2D eigenvalue weighted by molar-refractivity contribution is 6.02. The third-order valence-electron chi connectivity index (χ3n) is 5.44. The standard InChI is InChI=1S/C21H32N2O3/c1-13(2)12-22-20-21(3,4)23-17-16(26-20)11-10-15(19(17)25)18(24)14-8-6-5-7-9-14/h10-11,13-14,20,22-23,25H,5-9,12H2,1-4H3. The van der Waals surface area contributed by atoms with Crippen LogP contribution in [-0.4, -0.2) is 29.2 Å². The second-order valence-electron chi connectivity index (χ2n) is 8.68. The molecule has 0 saturated heterocycles. The number of Topliss-reactive ketones (excluding diaryl/α,β-unsaturated/α-hetero) is 1. The molecule has 5 nitrogen and oxygen atoms in total. The van der Waals surface area contributed by atoms with E-state index in [0.29, 0.717) is 22.9 Å². The monoisotopic (exact) mass is 360 g/mol. The number of anilines is 1. The van der Waals surface area contributed by atoms with E-state index in [1.165, 1.54) is 6.42 Å². The number of nitrogens with one attached hydrogen (secondary N) is 2. The third-order valence-corrected chi connectivity index (χ3v) is 5.44. The number of hydrogen-bond acceptors (Lipinski definition) is 5. The fourth-order valence-corrected chi connectivity index (χ4v) is 3.88. The molecule has 1 saturated carbocycles. The van der Waals surface area contributed by atoms with Gasteiger partial charge in [0.05, 0.1) is 11.1 Å². The van der Waals surface area contributed by atoms with Gasteiger partial charge in [-0.05, 0) is 44.7 Å². The minimum atomic E-state index is -0.411. The van der Waals surface area contributed by atoms with Crippen LogP contribution in [0.4, 0.5) is 5.69 Å². The number of fused-ring (bicyclic) bond motifs is 1. The molecule has 0 spiro atoms. The zero-order valence-electron chi connectivity index (χ0n) is 16.4. The van der Waals surface area contributed by atoms with Crippen molar-refractivity contribution in [1.82, 2.24) is 5.32 Å². The Morgan fingerprint density at radius 2 is 2.00 bits per heavy atom. The van der Waals surface area contributed by atoms with Crippen molar-refractivity contribution in [3.05, 3.63) is 17.7 Å². The van der Waals surface area contributed by atoms with E-state index in [1.807, 2.05) is 13.8 Å². The lowest BCUT2D eigenvalue weighted by Gasteiger charge is -2.42. The molecule has 3 N–H and O–H groups in total. The highest BCUT2D eigenvalue weighted by Gasteiger charge is 2.38. The molecular formula is C21H32N2O3. The Morgan fingerprint density at radius 3 is 2.65 bits per heavy atom. The maximum atomic E-state index is 12.9. The summed E-state index contributed by atoms with van der Waals surface area (Å²) in [7, 11) is 0. The number of ether oxygens (including phenoxy) is 1. The number of hydrogen-bond donors (Lipinski definition) is 3. The van der Waals surface area contributed by atoms with Crippen LogP contribution in [0.3, 0.4) is 0 Å². The Hall–Kier alpha value is -1.75. The first-order chi connectivity index (χ1) is 12.3. The van der Waals surface area contributed by atoms with E-state index >= 15 is 0 Å². The Kier molecular flexibility index (Phi) is 5.47. The van der Waals surface area contributed by atoms with Crippen molar-refractivity contribution < 1.29 is 14.6 Å². The summed E-state index contributed by atoms with van der Waals surface area (Å²) in [5, 5.41) is 17.6. The van der Waals surface area contributed by atoms with Gasteiger partial charge in [-0.1, -0.05) is 33.1 Å². The summed E-state index contributed by atoms with van der Waals surface area (Å²) >= 11 is 0. The molecule has 1 heterocycles. The van der Waals surface area contributed by atoms with Gasteiger partial charge in [0, 0.05) is 12.5 Å². The van der Waals surface area contributed by atoms with Crippen molar-refractivity contribution in [2.24, 2.45) is 11.8 Å². The first kappa shape index (κ1) is 19.0. The van der Waals surface area contributed by atoms with E-state index in [9.17, 15) is 9.90 Å². The van der Waals surface area contributed by atoms with E-state index in [-0.39, 0.29) is 23.7 Å². The molecule has 1 aliphatic heterocycles. The van der Waals surface area contributed by atoms with E-state index in [0.717, 1.165) is 32.2 Å². The van der Waals surface area contributed by atoms with Gasteiger partial charge in [-0.15, -0.1) is 0 Å². The fraction of sp³-hybridized carbons (Fsp3) is 0.667. The molecular weight excluding hydrogens is 328 g/mol. The number of benzene rings is 1. The highest BCUT2D eigenvalue weighted by atomic mass is 16.5. The summed E-state index contributed by atoms with van der Waals surface area (Å²) in [5.41, 5.74) is 0.529. The van der Waals surface area contributed by atoms with Crippen molar-refractivity contribution >= 4 is 11.5 Å². The van der Waals surface area contributed by atoms with Crippen LogP contribution in [0.25, 0.3) is 0 Å². The minimum absolute atomic E-state index is 0.0217. The van der Waals surface area contributed by atoms with Crippen LogP contribution in [0, 0.1) is 11.8 Å². The minimum Gasteiger partial charge on any atom is -0.505 e. The first-order valence-corrected chi connectivity index (χ1v) is 9.88. The predicted molar refractivity (Wildman–Crippen MR) is 104 cm³/mol. The topological polar surface area (TPSA) is 70.6 Å². The van der Waals surface area contributed by atoms with Gasteiger partial charge in [0.15, 0.2) is 17.8 Å². The highest BCUT2D eigenvalue weighted by Crippen LogP contribution is 2.44. The van der Waals surface area contributed by atoms with Gasteiger partial charge >= 0.3 is 0 Å². The van der Waals surface area contributed by atoms with E-state index in [1.54, 1.807) is 12.1 Å². The number of rotatable bonds is 5. The van der Waals surface area contributed by atoms with Crippen LogP contribution in [0.15, 0.2) is 12.1 Å². The van der Waals surface area contributed by atoms with E-state index in [2.05, 4.69) is 24.5 Å². The molecule has 5 heteroatoms. The quantitative estimate of drug-likeness (QED) is 0.539. The van der Waals surface area contributed by atoms with Gasteiger partial charge < -0.3 is 15.2 Å². The predicted octanol–water partition coefficient (Wildman–Crippen LogP) is 4.31. The number of ketones is 1. The van der Waals surface area contributed by atoms with Crippen LogP contribution in [0.1, 0.15) is 70.2 Å². The number of phenols is 1. The molecule has 1 fully saturated rings. The maximum absolute atomic E-state index is 12.9. The molecule has 1 aromatic rings. The Morgan fingerprint density at radius 1 is 1.31 bits per heavy atom. The number of carbonyl (C=O) groups excluding carboxylic acids is 1. The van der Waals surface area contributed by atoms with Crippen LogP contribution < -0.4 is 15.4 Å². The summed E-state index contributed by atoms with van der Waals surface area (Å²) in [6.45, 7) is 9.21.